The predicted molar refractivity (Wildman–Crippen MR) is 440 cm³/mol. The molecule has 0 aliphatic heterocycles. The van der Waals surface area contributed by atoms with Gasteiger partial charge >= 0.3 is 0 Å². The summed E-state index contributed by atoms with van der Waals surface area (Å²) in [6, 6.07) is 40.7. The molecule has 10 rings (SSSR count). The lowest BCUT2D eigenvalue weighted by Crippen LogP contribution is -2.13. The fraction of sp³-hybridized carbons (Fsp3) is 0.556. The maximum absolute atomic E-state index is 4.29. The molecule has 0 atom stereocenters. The highest BCUT2D eigenvalue weighted by atomic mass is 32.1. The standard InChI is InChI=1S/5C18H24S.5FH/c5*1-2-3-4-15-5-7-16(8-6-15)9-10-17-11-13-18(19)14-12-17;;;;;/h5*11-16,19H,2-8H2,1H3;5*1H. The van der Waals surface area contributed by atoms with Crippen molar-refractivity contribution in [1.29, 1.82) is 0 Å². The minimum Gasteiger partial charge on any atom is -0.269 e. The van der Waals surface area contributed by atoms with E-state index in [4.69, 9.17) is 0 Å². The van der Waals surface area contributed by atoms with Crippen molar-refractivity contribution in [3.8, 4) is 59.2 Å². The van der Waals surface area contributed by atoms with Crippen molar-refractivity contribution < 1.29 is 23.5 Å². The molecular formula is C90H125F5S5. The number of hydrogen-bond acceptors (Lipinski definition) is 5. The number of benzene rings is 5. The first-order chi connectivity index (χ1) is 46.4. The Morgan fingerprint density at radius 1 is 0.220 bits per heavy atom. The number of unbranched alkanes of at least 4 members (excludes halogenated alkanes) is 5. The fourth-order valence-corrected chi connectivity index (χ4v) is 14.8. The van der Waals surface area contributed by atoms with E-state index in [0.29, 0.717) is 29.6 Å². The molecule has 550 valence electrons. The molecule has 0 nitrogen and oxygen atoms in total. The summed E-state index contributed by atoms with van der Waals surface area (Å²) >= 11 is 21.5. The molecule has 5 aliphatic rings. The maximum Gasteiger partial charge on any atom is 0.0246 e. The van der Waals surface area contributed by atoms with Gasteiger partial charge in [-0.05, 0) is 279 Å². The van der Waals surface area contributed by atoms with Crippen molar-refractivity contribution in [3.05, 3.63) is 149 Å². The lowest BCUT2D eigenvalue weighted by atomic mass is 9.80. The molecule has 0 N–H and O–H groups in total. The van der Waals surface area contributed by atoms with Crippen LogP contribution in [0.4, 0.5) is 23.5 Å². The van der Waals surface area contributed by atoms with Gasteiger partial charge in [0.25, 0.3) is 0 Å². The quantitative estimate of drug-likeness (QED) is 0.0385. The first kappa shape index (κ1) is 93.3. The van der Waals surface area contributed by atoms with Gasteiger partial charge in [-0.25, -0.2) is 0 Å². The molecule has 0 aromatic heterocycles. The van der Waals surface area contributed by atoms with E-state index < -0.39 is 0 Å². The van der Waals surface area contributed by atoms with E-state index in [2.05, 4.69) is 218 Å². The van der Waals surface area contributed by atoms with Crippen LogP contribution in [0.15, 0.2) is 146 Å². The van der Waals surface area contributed by atoms with Gasteiger partial charge in [0.15, 0.2) is 0 Å². The molecule has 0 radical (unpaired) electrons. The third kappa shape index (κ3) is 40.4. The molecule has 10 heteroatoms. The second kappa shape index (κ2) is 56.7. The SMILES string of the molecule is CCCCC1CCC(C#Cc2ccc(S)cc2)CC1.CCCCC1CCC(C#Cc2ccc(S)cc2)CC1.CCCCC1CCC(C#Cc2ccc(S)cc2)CC1.CCCCC1CCC(C#Cc2ccc(S)cc2)CC1.CCCCC1CCC(C#Cc2ccc(S)cc2)CC1.F.F.F.F.F. The summed E-state index contributed by atoms with van der Waals surface area (Å²) in [7, 11) is 0. The first-order valence-corrected chi connectivity index (χ1v) is 40.1. The molecule has 0 spiro atoms. The molecule has 0 saturated heterocycles. The smallest absolute Gasteiger partial charge is 0.0246 e. The average molecular weight is 1460 g/mol. The normalized spacial score (nSPS) is 21.5. The highest BCUT2D eigenvalue weighted by Gasteiger charge is 2.23. The van der Waals surface area contributed by atoms with Gasteiger partial charge < -0.3 is 0 Å². The largest absolute Gasteiger partial charge is 0.269 e. The Balaban J connectivity index is 0.000000617. The van der Waals surface area contributed by atoms with Crippen molar-refractivity contribution in [2.75, 3.05) is 0 Å². The minimum atomic E-state index is 0. The summed E-state index contributed by atoms with van der Waals surface area (Å²) in [4.78, 5) is 5.01. The highest BCUT2D eigenvalue weighted by Crippen LogP contribution is 2.36. The highest BCUT2D eigenvalue weighted by molar-refractivity contribution is 7.81. The monoisotopic (exact) mass is 1460 g/mol. The van der Waals surface area contributed by atoms with E-state index in [1.54, 1.807) is 0 Å². The van der Waals surface area contributed by atoms with E-state index in [-0.39, 0.29) is 23.5 Å². The molecular weight excluding hydrogens is 1340 g/mol. The predicted octanol–water partition coefficient (Wildman–Crippen LogP) is 27.4. The molecule has 100 heavy (non-hydrogen) atoms. The van der Waals surface area contributed by atoms with Gasteiger partial charge in [-0.15, -0.1) is 63.1 Å². The Bertz CT molecular complexity index is 2670. The summed E-state index contributed by atoms with van der Waals surface area (Å²) in [5, 5.41) is 0. The molecule has 0 heterocycles. The average Bonchev–Trinajstić information content (AvgIpc) is 1.06. The van der Waals surface area contributed by atoms with Gasteiger partial charge in [-0.3, -0.25) is 23.5 Å². The van der Waals surface area contributed by atoms with E-state index in [1.165, 1.54) is 225 Å². The summed E-state index contributed by atoms with van der Waals surface area (Å²) in [5.41, 5.74) is 5.58. The van der Waals surface area contributed by atoms with Crippen LogP contribution in [-0.4, -0.2) is 0 Å². The third-order valence-corrected chi connectivity index (χ3v) is 22.0. The summed E-state index contributed by atoms with van der Waals surface area (Å²) < 4.78 is 0. The van der Waals surface area contributed by atoms with Crippen LogP contribution in [0, 0.1) is 118 Å². The van der Waals surface area contributed by atoms with Crippen molar-refractivity contribution in [2.24, 2.45) is 59.2 Å². The van der Waals surface area contributed by atoms with Crippen molar-refractivity contribution in [2.45, 2.75) is 284 Å². The zero-order chi connectivity index (χ0) is 67.5. The topological polar surface area (TPSA) is 0 Å². The van der Waals surface area contributed by atoms with Crippen LogP contribution in [-0.2, 0) is 0 Å². The van der Waals surface area contributed by atoms with Crippen LogP contribution < -0.4 is 0 Å². The molecule has 5 aliphatic carbocycles. The van der Waals surface area contributed by atoms with Gasteiger partial charge in [0.2, 0.25) is 0 Å². The lowest BCUT2D eigenvalue weighted by Gasteiger charge is -2.25. The lowest BCUT2D eigenvalue weighted by molar-refractivity contribution is 0.296. The molecule has 5 saturated carbocycles. The molecule has 5 fully saturated rings. The van der Waals surface area contributed by atoms with Crippen LogP contribution in [0.25, 0.3) is 0 Å². The van der Waals surface area contributed by atoms with E-state index in [9.17, 15) is 0 Å². The van der Waals surface area contributed by atoms with E-state index >= 15 is 0 Å². The number of rotatable bonds is 15. The number of halogens is 5. The fourth-order valence-electron chi connectivity index (χ4n) is 14.1. The zero-order valence-corrected chi connectivity index (χ0v) is 65.8. The van der Waals surface area contributed by atoms with Gasteiger partial charge in [-0.2, -0.15) is 0 Å². The van der Waals surface area contributed by atoms with E-state index in [1.807, 2.05) is 60.7 Å². The van der Waals surface area contributed by atoms with Gasteiger partial charge in [0, 0.05) is 81.9 Å². The first-order valence-electron chi connectivity index (χ1n) is 37.9. The Kier molecular flexibility index (Phi) is 52.9. The molecule has 0 amide bonds. The van der Waals surface area contributed by atoms with Crippen LogP contribution in [0.2, 0.25) is 0 Å². The van der Waals surface area contributed by atoms with Crippen molar-refractivity contribution >= 4 is 63.1 Å². The van der Waals surface area contributed by atoms with Gasteiger partial charge in [0.1, 0.15) is 0 Å². The molecule has 5 aromatic carbocycles. The number of hydrogen-bond donors (Lipinski definition) is 5. The maximum atomic E-state index is 4.29. The zero-order valence-electron chi connectivity index (χ0n) is 61.3. The van der Waals surface area contributed by atoms with Gasteiger partial charge in [0.05, 0.1) is 0 Å². The third-order valence-electron chi connectivity index (χ3n) is 20.5. The minimum absolute atomic E-state index is 0. The van der Waals surface area contributed by atoms with Crippen LogP contribution in [0.5, 0.6) is 0 Å². The Hall–Kier alpha value is -4.70. The van der Waals surface area contributed by atoms with Crippen molar-refractivity contribution in [3.63, 3.8) is 0 Å². The van der Waals surface area contributed by atoms with Crippen LogP contribution in [0.3, 0.4) is 0 Å². The second-order valence-electron chi connectivity index (χ2n) is 28.4. The Morgan fingerprint density at radius 3 is 0.470 bits per heavy atom. The van der Waals surface area contributed by atoms with E-state index in [0.717, 1.165) is 81.9 Å². The molecule has 5 aromatic rings. The summed E-state index contributed by atoms with van der Waals surface area (Å²) in [5.74, 6) is 41.8. The molecule has 0 unspecified atom stereocenters. The summed E-state index contributed by atoms with van der Waals surface area (Å²) in [6.07, 6.45) is 47.6. The van der Waals surface area contributed by atoms with Crippen LogP contribution >= 0.6 is 63.1 Å². The van der Waals surface area contributed by atoms with Gasteiger partial charge in [-0.1, -0.05) is 190 Å². The second-order valence-corrected chi connectivity index (χ2v) is 31.0. The Morgan fingerprint density at radius 2 is 0.350 bits per heavy atom. The van der Waals surface area contributed by atoms with Crippen LogP contribution in [0.1, 0.15) is 287 Å². The van der Waals surface area contributed by atoms with Crippen molar-refractivity contribution in [1.82, 2.24) is 0 Å². The Labute approximate surface area is 633 Å². The number of thiol groups is 5. The molecule has 0 bridgehead atoms. The summed E-state index contributed by atoms with van der Waals surface area (Å²) in [6.45, 7) is 11.4.